The Kier molecular flexibility index (Phi) is 6.07. The fourth-order valence-corrected chi connectivity index (χ4v) is 2.56. The summed E-state index contributed by atoms with van der Waals surface area (Å²) in [5.41, 5.74) is 3.31. The predicted octanol–water partition coefficient (Wildman–Crippen LogP) is 4.54. The Morgan fingerprint density at radius 1 is 0.857 bits per heavy atom. The number of ether oxygens (including phenoxy) is 2. The molecule has 0 radical (unpaired) electrons. The molecule has 5 nitrogen and oxygen atoms in total. The molecule has 0 aliphatic carbocycles. The maximum atomic E-state index is 12.4. The molecule has 0 aromatic heterocycles. The van der Waals surface area contributed by atoms with Gasteiger partial charge in [0.25, 0.3) is 5.91 Å². The number of hydrogen-bond acceptors (Lipinski definition) is 4. The average molecular weight is 375 g/mol. The van der Waals surface area contributed by atoms with Crippen LogP contribution in [0.4, 0.5) is 5.69 Å². The van der Waals surface area contributed by atoms with E-state index in [4.69, 9.17) is 9.47 Å². The van der Waals surface area contributed by atoms with Gasteiger partial charge in [-0.3, -0.25) is 4.79 Å². The van der Waals surface area contributed by atoms with Crippen molar-refractivity contribution in [2.45, 2.75) is 13.8 Å². The first kappa shape index (κ1) is 19.2. The van der Waals surface area contributed by atoms with Crippen molar-refractivity contribution in [3.63, 3.8) is 0 Å². The summed E-state index contributed by atoms with van der Waals surface area (Å²) >= 11 is 0. The van der Waals surface area contributed by atoms with Gasteiger partial charge in [-0.2, -0.15) is 0 Å². The molecule has 0 saturated carbocycles. The Balaban J connectivity index is 1.56. The highest BCUT2D eigenvalue weighted by Gasteiger charge is 2.10. The third-order valence-electron chi connectivity index (χ3n) is 4.09. The summed E-state index contributed by atoms with van der Waals surface area (Å²) in [5, 5.41) is 2.90. The number of para-hydroxylation sites is 1. The Morgan fingerprint density at radius 2 is 1.57 bits per heavy atom. The van der Waals surface area contributed by atoms with E-state index in [1.165, 1.54) is 0 Å². The minimum absolute atomic E-state index is 0.196. The number of esters is 1. The number of aryl methyl sites for hydroxylation is 2. The van der Waals surface area contributed by atoms with Crippen molar-refractivity contribution in [2.24, 2.45) is 0 Å². The van der Waals surface area contributed by atoms with Crippen molar-refractivity contribution in [3.05, 3.63) is 89.5 Å². The Bertz CT molecular complexity index is 966. The van der Waals surface area contributed by atoms with Crippen LogP contribution < -0.4 is 14.8 Å². The Morgan fingerprint density at radius 3 is 2.29 bits per heavy atom. The minimum atomic E-state index is -0.517. The van der Waals surface area contributed by atoms with Crippen LogP contribution in [0.5, 0.6) is 11.5 Å². The van der Waals surface area contributed by atoms with Crippen LogP contribution in [0.25, 0.3) is 0 Å². The lowest BCUT2D eigenvalue weighted by Gasteiger charge is -2.10. The second-order valence-corrected chi connectivity index (χ2v) is 6.37. The zero-order valence-corrected chi connectivity index (χ0v) is 15.8. The molecule has 3 aromatic rings. The first-order valence-corrected chi connectivity index (χ1v) is 8.88. The van der Waals surface area contributed by atoms with Crippen LogP contribution in [-0.2, 0) is 4.79 Å². The summed E-state index contributed by atoms with van der Waals surface area (Å²) in [5.74, 6) is 0.207. The molecule has 28 heavy (non-hydrogen) atoms. The molecule has 0 unspecified atom stereocenters. The van der Waals surface area contributed by atoms with Gasteiger partial charge in [-0.05, 0) is 67.4 Å². The summed E-state index contributed by atoms with van der Waals surface area (Å²) < 4.78 is 10.6. The third kappa shape index (κ3) is 5.20. The number of amides is 1. The zero-order valence-electron chi connectivity index (χ0n) is 15.8. The summed E-state index contributed by atoms with van der Waals surface area (Å²) in [7, 11) is 0. The monoisotopic (exact) mass is 375 g/mol. The van der Waals surface area contributed by atoms with Gasteiger partial charge >= 0.3 is 5.97 Å². The van der Waals surface area contributed by atoms with Gasteiger partial charge in [-0.15, -0.1) is 0 Å². The van der Waals surface area contributed by atoms with Crippen molar-refractivity contribution >= 4 is 17.6 Å². The maximum Gasteiger partial charge on any atom is 0.349 e. The van der Waals surface area contributed by atoms with E-state index < -0.39 is 5.97 Å². The number of hydrogen-bond donors (Lipinski definition) is 1. The van der Waals surface area contributed by atoms with Gasteiger partial charge in [0.05, 0.1) is 0 Å². The van der Waals surface area contributed by atoms with E-state index in [-0.39, 0.29) is 12.5 Å². The molecule has 1 amide bonds. The van der Waals surface area contributed by atoms with E-state index in [9.17, 15) is 9.59 Å². The molecule has 142 valence electrons. The van der Waals surface area contributed by atoms with Crippen LogP contribution in [0.15, 0.2) is 72.8 Å². The van der Waals surface area contributed by atoms with Crippen LogP contribution >= 0.6 is 0 Å². The van der Waals surface area contributed by atoms with Crippen LogP contribution in [0.3, 0.4) is 0 Å². The van der Waals surface area contributed by atoms with E-state index in [0.29, 0.717) is 17.1 Å². The number of carbonyl (C=O) groups is 2. The molecule has 0 aliphatic heterocycles. The summed E-state index contributed by atoms with van der Waals surface area (Å²) in [6.07, 6.45) is 0. The number of benzene rings is 3. The first-order chi connectivity index (χ1) is 13.5. The van der Waals surface area contributed by atoms with Crippen LogP contribution in [-0.4, -0.2) is 18.5 Å². The zero-order chi connectivity index (χ0) is 19.9. The molecule has 0 saturated heterocycles. The fourth-order valence-electron chi connectivity index (χ4n) is 2.56. The van der Waals surface area contributed by atoms with Crippen molar-refractivity contribution < 1.29 is 19.1 Å². The van der Waals surface area contributed by atoms with Crippen molar-refractivity contribution in [3.8, 4) is 11.5 Å². The number of anilines is 1. The van der Waals surface area contributed by atoms with Gasteiger partial charge in [0, 0.05) is 11.3 Å². The second kappa shape index (κ2) is 8.86. The molecule has 0 spiro atoms. The molecule has 0 bridgehead atoms. The van der Waals surface area contributed by atoms with Gasteiger partial charge in [0.2, 0.25) is 0 Å². The van der Waals surface area contributed by atoms with Crippen molar-refractivity contribution in [1.29, 1.82) is 0 Å². The van der Waals surface area contributed by atoms with E-state index in [1.807, 2.05) is 50.2 Å². The van der Waals surface area contributed by atoms with Crippen molar-refractivity contribution in [2.75, 3.05) is 11.9 Å². The number of rotatable bonds is 6. The average Bonchev–Trinajstić information content (AvgIpc) is 2.70. The molecule has 3 rings (SSSR count). The van der Waals surface area contributed by atoms with Gasteiger partial charge in [-0.25, -0.2) is 4.79 Å². The Hall–Kier alpha value is -3.60. The van der Waals surface area contributed by atoms with Gasteiger partial charge in [0.1, 0.15) is 11.5 Å². The van der Waals surface area contributed by atoms with E-state index in [1.54, 1.807) is 36.4 Å². The first-order valence-electron chi connectivity index (χ1n) is 8.88. The highest BCUT2D eigenvalue weighted by molar-refractivity contribution is 6.04. The van der Waals surface area contributed by atoms with Gasteiger partial charge in [0.15, 0.2) is 6.61 Å². The smallest absolute Gasteiger partial charge is 0.349 e. The predicted molar refractivity (Wildman–Crippen MR) is 108 cm³/mol. The molecule has 0 aliphatic rings. The highest BCUT2D eigenvalue weighted by Crippen LogP contribution is 2.19. The van der Waals surface area contributed by atoms with E-state index in [2.05, 4.69) is 5.32 Å². The molecule has 0 heterocycles. The maximum absolute atomic E-state index is 12.4. The number of nitrogens with one attached hydrogen (secondary N) is 1. The van der Waals surface area contributed by atoms with E-state index in [0.717, 1.165) is 16.8 Å². The minimum Gasteiger partial charge on any atom is -0.482 e. The normalized spacial score (nSPS) is 10.2. The molecule has 5 heteroatoms. The van der Waals surface area contributed by atoms with Crippen LogP contribution in [0, 0.1) is 13.8 Å². The SMILES string of the molecule is Cc1ccc(C)c(NC(=O)c2ccc(OC(=O)COc3ccccc3)cc2)c1. The lowest BCUT2D eigenvalue weighted by Crippen LogP contribution is -2.18. The molecular weight excluding hydrogens is 354 g/mol. The lowest BCUT2D eigenvalue weighted by atomic mass is 10.1. The van der Waals surface area contributed by atoms with Crippen LogP contribution in [0.2, 0.25) is 0 Å². The highest BCUT2D eigenvalue weighted by atomic mass is 16.6. The Labute approximate surface area is 163 Å². The van der Waals surface area contributed by atoms with Crippen LogP contribution in [0.1, 0.15) is 21.5 Å². The third-order valence-corrected chi connectivity index (χ3v) is 4.09. The number of carbonyl (C=O) groups excluding carboxylic acids is 2. The van der Waals surface area contributed by atoms with Crippen molar-refractivity contribution in [1.82, 2.24) is 0 Å². The summed E-state index contributed by atoms with van der Waals surface area (Å²) in [6, 6.07) is 21.3. The molecule has 0 atom stereocenters. The summed E-state index contributed by atoms with van der Waals surface area (Å²) in [4.78, 5) is 24.3. The largest absolute Gasteiger partial charge is 0.482 e. The molecule has 3 aromatic carbocycles. The van der Waals surface area contributed by atoms with Gasteiger partial charge in [-0.1, -0.05) is 30.3 Å². The van der Waals surface area contributed by atoms with E-state index >= 15 is 0 Å². The molecule has 1 N–H and O–H groups in total. The fraction of sp³-hybridized carbons (Fsp3) is 0.130. The van der Waals surface area contributed by atoms with Gasteiger partial charge < -0.3 is 14.8 Å². The topological polar surface area (TPSA) is 64.6 Å². The molecule has 0 fully saturated rings. The lowest BCUT2D eigenvalue weighted by molar-refractivity contribution is -0.136. The summed E-state index contributed by atoms with van der Waals surface area (Å²) in [6.45, 7) is 3.72. The standard InChI is InChI=1S/C23H21NO4/c1-16-8-9-17(2)21(14-16)24-23(26)18-10-12-20(13-11-18)28-22(25)15-27-19-6-4-3-5-7-19/h3-14H,15H2,1-2H3,(H,24,26). The quantitative estimate of drug-likeness (QED) is 0.507. The second-order valence-electron chi connectivity index (χ2n) is 6.37. The molecular formula is C23H21NO4.